The predicted octanol–water partition coefficient (Wildman–Crippen LogP) is 4.50. The van der Waals surface area contributed by atoms with Gasteiger partial charge in [-0.3, -0.25) is 4.98 Å². The molecule has 0 fully saturated rings. The second-order valence-corrected chi connectivity index (χ2v) is 6.14. The summed E-state index contributed by atoms with van der Waals surface area (Å²) >= 11 is 1.90. The zero-order valence-electron chi connectivity index (χ0n) is 11.0. The Morgan fingerprint density at radius 2 is 2.10 bits per heavy atom. The van der Waals surface area contributed by atoms with Crippen molar-refractivity contribution >= 4 is 33.2 Å². The smallest absolute Gasteiger partial charge is 0.0718 e. The second-order valence-electron chi connectivity index (χ2n) is 5.04. The van der Waals surface area contributed by atoms with E-state index in [9.17, 15) is 0 Å². The summed E-state index contributed by atoms with van der Waals surface area (Å²) in [4.78, 5) is 5.96. The Balaban J connectivity index is 1.99. The van der Waals surface area contributed by atoms with Gasteiger partial charge in [0.1, 0.15) is 0 Å². The maximum atomic E-state index is 5.73. The van der Waals surface area contributed by atoms with Crippen molar-refractivity contribution in [1.82, 2.24) is 4.98 Å². The van der Waals surface area contributed by atoms with Gasteiger partial charge in [0.05, 0.1) is 17.6 Å². The molecule has 20 heavy (non-hydrogen) atoms. The average molecular weight is 278 g/mol. The first-order chi connectivity index (χ1) is 9.83. The van der Waals surface area contributed by atoms with E-state index in [1.54, 1.807) is 6.20 Å². The van der Waals surface area contributed by atoms with E-state index in [2.05, 4.69) is 35.3 Å². The highest BCUT2D eigenvalue weighted by molar-refractivity contribution is 7.20. The lowest BCUT2D eigenvalue weighted by Gasteiger charge is -2.04. The highest BCUT2D eigenvalue weighted by Gasteiger charge is 2.15. The molecule has 1 aliphatic rings. The Hall–Kier alpha value is -2.13. The van der Waals surface area contributed by atoms with Crippen LogP contribution in [0, 0.1) is 0 Å². The van der Waals surface area contributed by atoms with Crippen LogP contribution in [0.1, 0.15) is 16.9 Å². The highest BCUT2D eigenvalue weighted by Crippen LogP contribution is 2.40. The number of fused-ring (bicyclic) bond motifs is 3. The number of anilines is 1. The van der Waals surface area contributed by atoms with E-state index in [4.69, 9.17) is 5.73 Å². The third-order valence-corrected chi connectivity index (χ3v) is 5.03. The van der Waals surface area contributed by atoms with Crippen LogP contribution in [0.15, 0.2) is 42.6 Å². The van der Waals surface area contributed by atoms with Crippen molar-refractivity contribution in [1.29, 1.82) is 0 Å². The molecule has 2 N–H and O–H groups in total. The summed E-state index contributed by atoms with van der Waals surface area (Å²) < 4.78 is 1.33. The fourth-order valence-electron chi connectivity index (χ4n) is 2.74. The number of thiophene rings is 1. The number of nitrogens with two attached hydrogens (primary N) is 1. The van der Waals surface area contributed by atoms with Crippen molar-refractivity contribution in [3.05, 3.63) is 53.0 Å². The van der Waals surface area contributed by atoms with Gasteiger partial charge in [-0.2, -0.15) is 0 Å². The van der Waals surface area contributed by atoms with Crippen molar-refractivity contribution in [2.45, 2.75) is 12.8 Å². The molecule has 0 radical (unpaired) electrons. The number of nitrogens with zero attached hydrogens (tertiary/aromatic N) is 1. The third-order valence-electron chi connectivity index (χ3n) is 3.72. The number of pyridine rings is 1. The van der Waals surface area contributed by atoms with Gasteiger partial charge in [0.15, 0.2) is 0 Å². The maximum Gasteiger partial charge on any atom is 0.0718 e. The molecule has 0 atom stereocenters. The molecular weight excluding hydrogens is 264 g/mol. The molecular formula is C17H14N2S. The molecule has 98 valence electrons. The monoisotopic (exact) mass is 278 g/mol. The van der Waals surface area contributed by atoms with Gasteiger partial charge in [0, 0.05) is 20.5 Å². The van der Waals surface area contributed by atoms with Gasteiger partial charge in [0.2, 0.25) is 0 Å². The summed E-state index contributed by atoms with van der Waals surface area (Å²) in [5.41, 5.74) is 10.0. The SMILES string of the molecule is Nc1ccc(-c2cccc3c4c(sc23)CCC=C4)nc1. The normalized spacial score (nSPS) is 13.6. The minimum Gasteiger partial charge on any atom is -0.397 e. The van der Waals surface area contributed by atoms with Gasteiger partial charge in [0.25, 0.3) is 0 Å². The minimum absolute atomic E-state index is 0.703. The van der Waals surface area contributed by atoms with Gasteiger partial charge < -0.3 is 5.73 Å². The first-order valence-corrected chi connectivity index (χ1v) is 7.57. The van der Waals surface area contributed by atoms with E-state index in [-0.39, 0.29) is 0 Å². The summed E-state index contributed by atoms with van der Waals surface area (Å²) in [5, 5.41) is 1.34. The molecule has 0 saturated heterocycles. The Labute approximate surface area is 121 Å². The van der Waals surface area contributed by atoms with E-state index >= 15 is 0 Å². The molecule has 1 aliphatic carbocycles. The second kappa shape index (κ2) is 4.46. The van der Waals surface area contributed by atoms with Crippen molar-refractivity contribution in [2.75, 3.05) is 5.73 Å². The van der Waals surface area contributed by atoms with Gasteiger partial charge in [-0.1, -0.05) is 30.4 Å². The molecule has 2 heterocycles. The number of benzene rings is 1. The molecule has 0 amide bonds. The van der Waals surface area contributed by atoms with Crippen LogP contribution >= 0.6 is 11.3 Å². The quantitative estimate of drug-likeness (QED) is 0.711. The lowest BCUT2D eigenvalue weighted by molar-refractivity contribution is 1.02. The van der Waals surface area contributed by atoms with Gasteiger partial charge in [-0.15, -0.1) is 11.3 Å². The first-order valence-electron chi connectivity index (χ1n) is 6.76. The number of aryl methyl sites for hydroxylation is 1. The van der Waals surface area contributed by atoms with Crippen LogP contribution in [0.3, 0.4) is 0 Å². The summed E-state index contributed by atoms with van der Waals surface area (Å²) in [6, 6.07) is 10.4. The van der Waals surface area contributed by atoms with E-state index in [1.165, 1.54) is 26.1 Å². The topological polar surface area (TPSA) is 38.9 Å². The molecule has 4 rings (SSSR count). The fraction of sp³-hybridized carbons (Fsp3) is 0.118. The summed E-state index contributed by atoms with van der Waals surface area (Å²) in [5.74, 6) is 0. The van der Waals surface area contributed by atoms with Crippen molar-refractivity contribution in [3.8, 4) is 11.3 Å². The molecule has 0 bridgehead atoms. The molecule has 0 unspecified atom stereocenters. The van der Waals surface area contributed by atoms with Crippen molar-refractivity contribution in [3.63, 3.8) is 0 Å². The number of hydrogen-bond donors (Lipinski definition) is 1. The summed E-state index contributed by atoms with van der Waals surface area (Å²) in [6.45, 7) is 0. The molecule has 0 spiro atoms. The number of allylic oxidation sites excluding steroid dienone is 1. The minimum atomic E-state index is 0.703. The molecule has 3 aromatic rings. The first kappa shape index (κ1) is 11.7. The van der Waals surface area contributed by atoms with E-state index in [0.29, 0.717) is 5.69 Å². The standard InChI is InChI=1S/C17H14N2S/c18-11-8-9-15(19-10-11)14-6-3-5-13-12-4-1-2-7-16(12)20-17(13)14/h1,3-6,8-10H,2,7,18H2. The van der Waals surface area contributed by atoms with E-state index in [1.807, 2.05) is 23.5 Å². The predicted molar refractivity (Wildman–Crippen MR) is 86.8 cm³/mol. The van der Waals surface area contributed by atoms with Gasteiger partial charge >= 0.3 is 0 Å². The molecule has 1 aromatic carbocycles. The number of aromatic nitrogens is 1. The number of rotatable bonds is 1. The zero-order chi connectivity index (χ0) is 13.5. The number of hydrogen-bond acceptors (Lipinski definition) is 3. The van der Waals surface area contributed by atoms with E-state index in [0.717, 1.165) is 18.5 Å². The Morgan fingerprint density at radius 3 is 2.95 bits per heavy atom. The van der Waals surface area contributed by atoms with Gasteiger partial charge in [-0.05, 0) is 30.5 Å². The molecule has 2 nitrogen and oxygen atoms in total. The van der Waals surface area contributed by atoms with Crippen LogP contribution < -0.4 is 5.73 Å². The van der Waals surface area contributed by atoms with Crippen LogP contribution in [0.5, 0.6) is 0 Å². The Kier molecular flexibility index (Phi) is 2.60. The lowest BCUT2D eigenvalue weighted by Crippen LogP contribution is -1.88. The zero-order valence-corrected chi connectivity index (χ0v) is 11.8. The molecule has 0 saturated carbocycles. The molecule has 3 heteroatoms. The van der Waals surface area contributed by atoms with E-state index < -0.39 is 0 Å². The largest absolute Gasteiger partial charge is 0.397 e. The molecule has 0 aliphatic heterocycles. The fourth-order valence-corrected chi connectivity index (χ4v) is 4.06. The lowest BCUT2D eigenvalue weighted by atomic mass is 10.0. The van der Waals surface area contributed by atoms with Crippen LogP contribution in [0.2, 0.25) is 0 Å². The van der Waals surface area contributed by atoms with Crippen LogP contribution in [-0.2, 0) is 6.42 Å². The van der Waals surface area contributed by atoms with Crippen LogP contribution in [0.25, 0.3) is 27.4 Å². The molecule has 2 aromatic heterocycles. The Morgan fingerprint density at radius 1 is 1.15 bits per heavy atom. The number of nitrogen functional groups attached to an aromatic ring is 1. The van der Waals surface area contributed by atoms with Gasteiger partial charge in [-0.25, -0.2) is 0 Å². The van der Waals surface area contributed by atoms with Crippen molar-refractivity contribution in [2.24, 2.45) is 0 Å². The third kappa shape index (κ3) is 1.74. The highest BCUT2D eigenvalue weighted by atomic mass is 32.1. The van der Waals surface area contributed by atoms with Crippen molar-refractivity contribution < 1.29 is 0 Å². The van der Waals surface area contributed by atoms with Crippen LogP contribution in [0.4, 0.5) is 5.69 Å². The van der Waals surface area contributed by atoms with Crippen LogP contribution in [-0.4, -0.2) is 4.98 Å². The summed E-state index contributed by atoms with van der Waals surface area (Å²) in [7, 11) is 0. The summed E-state index contributed by atoms with van der Waals surface area (Å²) in [6.07, 6.45) is 8.55. The Bertz CT molecular complexity index is 813. The average Bonchev–Trinajstić information content (AvgIpc) is 2.87. The maximum absolute atomic E-state index is 5.73.